The van der Waals surface area contributed by atoms with Crippen molar-refractivity contribution < 1.29 is 32.6 Å². The number of likely N-dealkylation sites (tertiary alicyclic amines) is 1. The van der Waals surface area contributed by atoms with E-state index in [1.54, 1.807) is 33.0 Å². The third-order valence-electron chi connectivity index (χ3n) is 7.89. The smallest absolute Gasteiger partial charge is 0.248 e. The zero-order chi connectivity index (χ0) is 33.5. The number of terminal acetylenes is 1. The molecule has 1 saturated heterocycles. The maximum absolute atomic E-state index is 14.7. The van der Waals surface area contributed by atoms with E-state index in [0.717, 1.165) is 6.07 Å². The minimum absolute atomic E-state index is 0. The third-order valence-corrected chi connectivity index (χ3v) is 8.23. The minimum atomic E-state index is -1.08. The van der Waals surface area contributed by atoms with Crippen LogP contribution in [0.5, 0.6) is 5.75 Å². The van der Waals surface area contributed by atoms with Gasteiger partial charge >= 0.3 is 0 Å². The van der Waals surface area contributed by atoms with E-state index in [0.29, 0.717) is 41.6 Å². The maximum Gasteiger partial charge on any atom is 0.248 e. The van der Waals surface area contributed by atoms with Crippen LogP contribution in [0.3, 0.4) is 0 Å². The number of ketones is 1. The Hall–Kier alpha value is -4.09. The molecule has 2 aromatic carbocycles. The van der Waals surface area contributed by atoms with Crippen LogP contribution in [0.15, 0.2) is 30.6 Å². The van der Waals surface area contributed by atoms with Gasteiger partial charge in [0.2, 0.25) is 11.8 Å². The van der Waals surface area contributed by atoms with E-state index >= 15 is 0 Å². The number of rotatable bonds is 13. The molecule has 0 spiro atoms. The molecule has 1 unspecified atom stereocenters. The van der Waals surface area contributed by atoms with Gasteiger partial charge in [-0.3, -0.25) is 14.4 Å². The van der Waals surface area contributed by atoms with Crippen LogP contribution in [-0.2, 0) is 25.5 Å². The lowest BCUT2D eigenvalue weighted by atomic mass is 9.99. The summed E-state index contributed by atoms with van der Waals surface area (Å²) in [5.41, 5.74) is 0.812. The van der Waals surface area contributed by atoms with Gasteiger partial charge in [0.25, 0.3) is 0 Å². The van der Waals surface area contributed by atoms with Gasteiger partial charge in [-0.2, -0.15) is 0 Å². The van der Waals surface area contributed by atoms with Crippen LogP contribution in [0.4, 0.5) is 20.3 Å². The van der Waals surface area contributed by atoms with E-state index < -0.39 is 52.7 Å². The summed E-state index contributed by atoms with van der Waals surface area (Å²) < 4.78 is 39.6. The summed E-state index contributed by atoms with van der Waals surface area (Å²) in [7, 11) is 3.07. The molecule has 0 saturated carbocycles. The molecule has 0 radical (unpaired) electrons. The number of carbonyl (C=O) groups excluding carboxylic acids is 3. The molecular formula is C32H36Cl2F2N6O5. The van der Waals surface area contributed by atoms with E-state index in [4.69, 9.17) is 27.5 Å². The Morgan fingerprint density at radius 1 is 1.21 bits per heavy atom. The first kappa shape index (κ1) is 37.4. The number of anilines is 2. The maximum atomic E-state index is 14.7. The number of aromatic nitrogens is 2. The van der Waals surface area contributed by atoms with Crippen molar-refractivity contribution >= 4 is 64.0 Å². The van der Waals surface area contributed by atoms with Crippen molar-refractivity contribution in [2.24, 2.45) is 0 Å². The van der Waals surface area contributed by atoms with Gasteiger partial charge in [0.05, 0.1) is 36.5 Å². The normalized spacial score (nSPS) is 16.0. The fourth-order valence-electron chi connectivity index (χ4n) is 5.22. The van der Waals surface area contributed by atoms with Gasteiger partial charge in [-0.25, -0.2) is 18.7 Å². The van der Waals surface area contributed by atoms with Crippen LogP contribution in [0.25, 0.3) is 10.9 Å². The van der Waals surface area contributed by atoms with E-state index in [9.17, 15) is 23.2 Å². The van der Waals surface area contributed by atoms with Crippen LogP contribution >= 0.6 is 24.0 Å². The number of carbonyl (C=O) groups is 3. The summed E-state index contributed by atoms with van der Waals surface area (Å²) in [6.07, 6.45) is 6.73. The number of fused-ring (bicyclic) bond motifs is 1. The molecule has 3 N–H and O–H groups in total. The third kappa shape index (κ3) is 8.44. The molecule has 2 amide bonds. The molecule has 11 nitrogen and oxygen atoms in total. The van der Waals surface area contributed by atoms with Crippen LogP contribution in [0.1, 0.15) is 32.3 Å². The molecule has 15 heteroatoms. The number of Topliss-reactive ketones (excluding diaryl/α,β-unsaturated/α-hetero) is 1. The molecule has 47 heavy (non-hydrogen) atoms. The summed E-state index contributed by atoms with van der Waals surface area (Å²) in [4.78, 5) is 50.3. The Bertz CT molecular complexity index is 1670. The Balaban J connectivity index is 0.00000600. The lowest BCUT2D eigenvalue weighted by molar-refractivity contribution is -0.144. The first-order chi connectivity index (χ1) is 22.0. The van der Waals surface area contributed by atoms with Crippen molar-refractivity contribution in [3.8, 4) is 18.1 Å². The van der Waals surface area contributed by atoms with Gasteiger partial charge in [-0.15, -0.1) is 18.8 Å². The molecule has 3 aromatic rings. The second kappa shape index (κ2) is 16.6. The molecule has 1 fully saturated rings. The predicted molar refractivity (Wildman–Crippen MR) is 176 cm³/mol. The number of halogens is 4. The van der Waals surface area contributed by atoms with Crippen LogP contribution in [-0.4, -0.2) is 84.0 Å². The lowest BCUT2D eigenvalue weighted by Gasteiger charge is -2.32. The van der Waals surface area contributed by atoms with E-state index in [2.05, 4.69) is 31.8 Å². The highest BCUT2D eigenvalue weighted by Crippen LogP contribution is 2.33. The summed E-state index contributed by atoms with van der Waals surface area (Å²) in [5.74, 6) is -0.0838. The highest BCUT2D eigenvalue weighted by Gasteiger charge is 2.40. The second-order valence-corrected chi connectivity index (χ2v) is 11.2. The fourth-order valence-corrected chi connectivity index (χ4v) is 5.39. The minimum Gasteiger partial charge on any atom is -0.496 e. The molecule has 4 atom stereocenters. The van der Waals surface area contributed by atoms with Crippen molar-refractivity contribution in [3.63, 3.8) is 0 Å². The topological polar surface area (TPSA) is 135 Å². The number of amides is 2. The van der Waals surface area contributed by atoms with Crippen molar-refractivity contribution in [3.05, 3.63) is 52.8 Å². The van der Waals surface area contributed by atoms with Gasteiger partial charge in [-0.05, 0) is 51.9 Å². The SMILES string of the molecule is C#CCOC(C)[C@H](NC(=O)[C@H](C)NC)C(=O)N1CCC[C@H]1C(=O)Cc1cc2c(Nc3ccc(F)c(Cl)c3F)ncnc2cc1OC.Cl. The number of hydrogen-bond acceptors (Lipinski definition) is 9. The number of methoxy groups -OCH3 is 1. The number of ether oxygens (including phenoxy) is 2. The number of hydrogen-bond donors (Lipinski definition) is 3. The van der Waals surface area contributed by atoms with Crippen LogP contribution in [0, 0.1) is 24.0 Å². The Kier molecular flexibility index (Phi) is 13.2. The summed E-state index contributed by atoms with van der Waals surface area (Å²) >= 11 is 5.75. The second-order valence-electron chi connectivity index (χ2n) is 10.8. The Morgan fingerprint density at radius 3 is 2.64 bits per heavy atom. The molecule has 252 valence electrons. The van der Waals surface area contributed by atoms with Gasteiger partial charge < -0.3 is 30.3 Å². The molecule has 0 bridgehead atoms. The average molecular weight is 694 g/mol. The zero-order valence-corrected chi connectivity index (χ0v) is 27.8. The van der Waals surface area contributed by atoms with Crippen molar-refractivity contribution in [1.29, 1.82) is 0 Å². The van der Waals surface area contributed by atoms with Gasteiger partial charge in [0.15, 0.2) is 11.6 Å². The highest BCUT2D eigenvalue weighted by atomic mass is 35.5. The number of nitrogens with zero attached hydrogens (tertiary/aromatic N) is 3. The number of nitrogens with one attached hydrogen (secondary N) is 3. The average Bonchev–Trinajstić information content (AvgIpc) is 3.56. The first-order valence-electron chi connectivity index (χ1n) is 14.6. The molecule has 2 heterocycles. The van der Waals surface area contributed by atoms with Crippen molar-refractivity contribution in [2.75, 3.05) is 32.6 Å². The van der Waals surface area contributed by atoms with Crippen molar-refractivity contribution in [1.82, 2.24) is 25.5 Å². The molecule has 0 aliphatic carbocycles. The molecule has 1 aromatic heterocycles. The predicted octanol–water partition coefficient (Wildman–Crippen LogP) is 3.97. The number of likely N-dealkylation sites (N-methyl/N-ethyl adjacent to an activating group) is 1. The van der Waals surface area contributed by atoms with Gasteiger partial charge in [0, 0.05) is 30.0 Å². The zero-order valence-electron chi connectivity index (χ0n) is 26.2. The fraction of sp³-hybridized carbons (Fsp3) is 0.406. The molecular weight excluding hydrogens is 657 g/mol. The summed E-state index contributed by atoms with van der Waals surface area (Å²) in [5, 5.41) is 8.17. The lowest BCUT2D eigenvalue weighted by Crippen LogP contribution is -2.58. The summed E-state index contributed by atoms with van der Waals surface area (Å²) in [6, 6.07) is 3.06. The quantitative estimate of drug-likeness (QED) is 0.180. The van der Waals surface area contributed by atoms with Crippen LogP contribution < -0.4 is 20.7 Å². The largest absolute Gasteiger partial charge is 0.496 e. The first-order valence-corrected chi connectivity index (χ1v) is 15.0. The molecule has 1 aliphatic heterocycles. The Morgan fingerprint density at radius 2 is 1.96 bits per heavy atom. The van der Waals surface area contributed by atoms with E-state index in [1.165, 1.54) is 24.4 Å². The van der Waals surface area contributed by atoms with E-state index in [1.807, 2.05) is 0 Å². The standard InChI is InChI=1S/C32H35ClF2N6O5.ClH/c1-6-12-46-18(3)29(40-31(43)17(2)36-4)32(44)41-11-7-8-24(41)25(42)14-19-13-20-23(15-26(19)45-5)37-16-38-30(20)39-22-10-9-21(34)27(33)28(22)35;/h1,9-10,13,15-18,24,29,36H,7-8,11-12,14H2,2-5H3,(H,40,43)(H,37,38,39);1H/t17-,18?,24-,29-;/m0./s1. The monoisotopic (exact) mass is 692 g/mol. The summed E-state index contributed by atoms with van der Waals surface area (Å²) in [6.45, 7) is 3.54. The van der Waals surface area contributed by atoms with Crippen molar-refractivity contribution in [2.45, 2.75) is 57.3 Å². The Labute approximate surface area is 282 Å². The van der Waals surface area contributed by atoms with Gasteiger partial charge in [0.1, 0.15) is 41.4 Å². The molecule has 1 aliphatic rings. The van der Waals surface area contributed by atoms with Gasteiger partial charge in [-0.1, -0.05) is 17.5 Å². The van der Waals surface area contributed by atoms with Crippen LogP contribution in [0.2, 0.25) is 5.02 Å². The molecule has 4 rings (SSSR count). The van der Waals surface area contributed by atoms with E-state index in [-0.39, 0.29) is 42.7 Å². The number of benzene rings is 2. The highest BCUT2D eigenvalue weighted by molar-refractivity contribution is 6.31.